The Balaban J connectivity index is 1.93. The zero-order valence-electron chi connectivity index (χ0n) is 15.6. The third-order valence-electron chi connectivity index (χ3n) is 4.29. The molecular formula is C18H16F6N2O4S. The molecule has 31 heavy (non-hydrogen) atoms. The van der Waals surface area contributed by atoms with Crippen LogP contribution in [0, 0.1) is 0 Å². The van der Waals surface area contributed by atoms with E-state index in [2.05, 4.69) is 9.46 Å². The minimum Gasteiger partial charge on any atom is -0.406 e. The Hall–Kier alpha value is -2.67. The fourth-order valence-electron chi connectivity index (χ4n) is 2.90. The van der Waals surface area contributed by atoms with Crippen LogP contribution in [-0.2, 0) is 20.9 Å². The molecule has 2 aromatic rings. The fourth-order valence-corrected chi connectivity index (χ4v) is 3.96. The molecule has 1 fully saturated rings. The van der Waals surface area contributed by atoms with Crippen molar-refractivity contribution >= 4 is 21.4 Å². The first-order valence-corrected chi connectivity index (χ1v) is 10.3. The van der Waals surface area contributed by atoms with E-state index in [4.69, 9.17) is 4.74 Å². The lowest BCUT2D eigenvalue weighted by molar-refractivity contribution is -0.274. The number of morpholine rings is 1. The maximum Gasteiger partial charge on any atom is 0.573 e. The molecule has 0 unspecified atom stereocenters. The van der Waals surface area contributed by atoms with Crippen LogP contribution in [0.3, 0.4) is 0 Å². The second kappa shape index (κ2) is 8.46. The van der Waals surface area contributed by atoms with Gasteiger partial charge >= 0.3 is 12.5 Å². The molecule has 0 spiro atoms. The van der Waals surface area contributed by atoms with Crippen molar-refractivity contribution in [2.45, 2.75) is 17.4 Å². The van der Waals surface area contributed by atoms with E-state index < -0.39 is 38.8 Å². The minimum absolute atomic E-state index is 0.219. The van der Waals surface area contributed by atoms with Gasteiger partial charge in [0.25, 0.3) is 10.0 Å². The molecule has 0 radical (unpaired) electrons. The molecule has 1 saturated heterocycles. The van der Waals surface area contributed by atoms with E-state index in [1.165, 1.54) is 0 Å². The molecule has 1 aliphatic heterocycles. The predicted molar refractivity (Wildman–Crippen MR) is 98.4 cm³/mol. The molecule has 0 aromatic heterocycles. The molecule has 0 atom stereocenters. The van der Waals surface area contributed by atoms with Gasteiger partial charge in [0.2, 0.25) is 0 Å². The highest BCUT2D eigenvalue weighted by atomic mass is 32.2. The Morgan fingerprint density at radius 2 is 1.55 bits per heavy atom. The highest BCUT2D eigenvalue weighted by Gasteiger charge is 2.33. The Kier molecular flexibility index (Phi) is 6.28. The van der Waals surface area contributed by atoms with Crippen LogP contribution in [0.2, 0.25) is 0 Å². The summed E-state index contributed by atoms with van der Waals surface area (Å²) in [5.41, 5.74) is -1.15. The number of nitrogens with zero attached hydrogens (tertiary/aromatic N) is 1. The smallest absolute Gasteiger partial charge is 0.406 e. The Morgan fingerprint density at radius 1 is 0.935 bits per heavy atom. The van der Waals surface area contributed by atoms with Crippen molar-refractivity contribution in [3.8, 4) is 5.75 Å². The van der Waals surface area contributed by atoms with Crippen LogP contribution < -0.4 is 14.4 Å². The predicted octanol–water partition coefficient (Wildman–Crippen LogP) is 4.24. The number of rotatable bonds is 5. The lowest BCUT2D eigenvalue weighted by Crippen LogP contribution is -2.36. The Labute approximate surface area is 173 Å². The highest BCUT2D eigenvalue weighted by Crippen LogP contribution is 2.37. The number of anilines is 2. The summed E-state index contributed by atoms with van der Waals surface area (Å²) in [6.07, 6.45) is -9.66. The largest absolute Gasteiger partial charge is 0.573 e. The van der Waals surface area contributed by atoms with Crippen molar-refractivity contribution in [2.75, 3.05) is 35.9 Å². The summed E-state index contributed by atoms with van der Waals surface area (Å²) in [7, 11) is -4.41. The third-order valence-corrected chi connectivity index (χ3v) is 5.67. The summed E-state index contributed by atoms with van der Waals surface area (Å²) in [5.74, 6) is -0.639. The van der Waals surface area contributed by atoms with Gasteiger partial charge < -0.3 is 14.4 Å². The van der Waals surface area contributed by atoms with Crippen molar-refractivity contribution in [1.82, 2.24) is 0 Å². The van der Waals surface area contributed by atoms with Gasteiger partial charge in [-0.3, -0.25) is 4.72 Å². The summed E-state index contributed by atoms with van der Waals surface area (Å²) in [4.78, 5) is 1.22. The van der Waals surface area contributed by atoms with Crippen LogP contribution >= 0.6 is 0 Å². The first kappa shape index (κ1) is 23.0. The summed E-state index contributed by atoms with van der Waals surface area (Å²) >= 11 is 0. The monoisotopic (exact) mass is 470 g/mol. The first-order valence-electron chi connectivity index (χ1n) is 8.78. The molecule has 0 saturated carbocycles. The van der Waals surface area contributed by atoms with Crippen molar-refractivity contribution in [2.24, 2.45) is 0 Å². The summed E-state index contributed by atoms with van der Waals surface area (Å²) < 4.78 is 113. The van der Waals surface area contributed by atoms with Crippen molar-refractivity contribution in [1.29, 1.82) is 0 Å². The maximum atomic E-state index is 13.2. The van der Waals surface area contributed by atoms with Crippen molar-refractivity contribution < 1.29 is 44.2 Å². The molecular weight excluding hydrogens is 454 g/mol. The lowest BCUT2D eigenvalue weighted by atomic mass is 10.1. The SMILES string of the molecule is O=S(=O)(Nc1cc(C(F)(F)F)ccc1N1CCOCC1)c1ccc(OC(F)(F)F)cc1. The summed E-state index contributed by atoms with van der Waals surface area (Å²) in [5, 5.41) is 0. The molecule has 13 heteroatoms. The molecule has 2 aromatic carbocycles. The van der Waals surface area contributed by atoms with Gasteiger partial charge in [-0.05, 0) is 42.5 Å². The summed E-state index contributed by atoms with van der Waals surface area (Å²) in [6.45, 7) is 1.30. The van der Waals surface area contributed by atoms with E-state index in [0.717, 1.165) is 36.4 Å². The second-order valence-electron chi connectivity index (χ2n) is 6.45. The molecule has 1 N–H and O–H groups in total. The van der Waals surface area contributed by atoms with Crippen molar-refractivity contribution in [3.63, 3.8) is 0 Å². The average molecular weight is 470 g/mol. The molecule has 6 nitrogen and oxygen atoms in total. The number of sulfonamides is 1. The number of benzene rings is 2. The zero-order valence-corrected chi connectivity index (χ0v) is 16.4. The molecule has 1 heterocycles. The normalized spacial score (nSPS) is 15.6. The van der Waals surface area contributed by atoms with Gasteiger partial charge in [0.05, 0.1) is 35.0 Å². The van der Waals surface area contributed by atoms with Crippen LogP contribution in [0.4, 0.5) is 37.7 Å². The van der Waals surface area contributed by atoms with Gasteiger partial charge in [-0.1, -0.05) is 0 Å². The van der Waals surface area contributed by atoms with E-state index in [-0.39, 0.29) is 11.4 Å². The average Bonchev–Trinajstić information content (AvgIpc) is 2.67. The number of alkyl halides is 6. The van der Waals surface area contributed by atoms with Gasteiger partial charge in [0, 0.05) is 13.1 Å². The van der Waals surface area contributed by atoms with E-state index >= 15 is 0 Å². The minimum atomic E-state index is -4.95. The van der Waals surface area contributed by atoms with Crippen LogP contribution in [0.1, 0.15) is 5.56 Å². The lowest BCUT2D eigenvalue weighted by Gasteiger charge is -2.31. The van der Waals surface area contributed by atoms with Gasteiger partial charge in [0.1, 0.15) is 5.75 Å². The number of halogens is 6. The number of nitrogens with one attached hydrogen (secondary N) is 1. The van der Waals surface area contributed by atoms with E-state index in [9.17, 15) is 34.8 Å². The third kappa shape index (κ3) is 5.94. The van der Waals surface area contributed by atoms with Crippen LogP contribution in [0.5, 0.6) is 5.75 Å². The first-order chi connectivity index (χ1) is 14.4. The van der Waals surface area contributed by atoms with Crippen molar-refractivity contribution in [3.05, 3.63) is 48.0 Å². The van der Waals surface area contributed by atoms with Gasteiger partial charge in [-0.2, -0.15) is 13.2 Å². The Bertz CT molecular complexity index is 1020. The topological polar surface area (TPSA) is 67.9 Å². The molecule has 0 bridgehead atoms. The standard InChI is InChI=1S/C18H16F6N2O4S/c19-17(20,21)12-1-6-16(26-7-9-29-10-8-26)15(11-12)25-31(27,28)14-4-2-13(3-5-14)30-18(22,23)24/h1-6,11,25H,7-10H2. The van der Waals surface area contributed by atoms with E-state index in [1.54, 1.807) is 4.90 Å². The van der Waals surface area contributed by atoms with E-state index in [1.807, 2.05) is 0 Å². The molecule has 1 aliphatic rings. The molecule has 170 valence electrons. The fraction of sp³-hybridized carbons (Fsp3) is 0.333. The zero-order chi connectivity index (χ0) is 22.9. The molecule has 0 amide bonds. The van der Waals surface area contributed by atoms with Gasteiger partial charge in [0.15, 0.2) is 0 Å². The van der Waals surface area contributed by atoms with Crippen LogP contribution in [0.25, 0.3) is 0 Å². The quantitative estimate of drug-likeness (QED) is 0.663. The highest BCUT2D eigenvalue weighted by molar-refractivity contribution is 7.92. The number of hydrogen-bond acceptors (Lipinski definition) is 5. The van der Waals surface area contributed by atoms with Gasteiger partial charge in [-0.15, -0.1) is 13.2 Å². The van der Waals surface area contributed by atoms with Crippen LogP contribution in [-0.4, -0.2) is 41.1 Å². The molecule has 0 aliphatic carbocycles. The molecule has 3 rings (SSSR count). The maximum absolute atomic E-state index is 13.2. The van der Waals surface area contributed by atoms with Gasteiger partial charge in [-0.25, -0.2) is 8.42 Å². The van der Waals surface area contributed by atoms with Crippen LogP contribution in [0.15, 0.2) is 47.4 Å². The van der Waals surface area contributed by atoms with E-state index in [0.29, 0.717) is 32.4 Å². The number of hydrogen-bond donors (Lipinski definition) is 1. The summed E-state index contributed by atoms with van der Waals surface area (Å²) in [6, 6.07) is 5.95. The Morgan fingerprint density at radius 3 is 2.10 bits per heavy atom. The second-order valence-corrected chi connectivity index (χ2v) is 8.14. The number of ether oxygens (including phenoxy) is 2.